The number of rotatable bonds is 7. The van der Waals surface area contributed by atoms with Crippen LogP contribution >= 0.6 is 11.8 Å². The first-order valence-corrected chi connectivity index (χ1v) is 7.85. The van der Waals surface area contributed by atoms with Crippen molar-refractivity contribution in [1.29, 1.82) is 0 Å². The summed E-state index contributed by atoms with van der Waals surface area (Å²) in [7, 11) is 0. The molecule has 2 N–H and O–H groups in total. The van der Waals surface area contributed by atoms with Gasteiger partial charge < -0.3 is 10.4 Å². The molecule has 0 spiro atoms. The van der Waals surface area contributed by atoms with Gasteiger partial charge in [0.15, 0.2) is 0 Å². The SMILES string of the molecule is CC1CCC(C(=O)NCCSCCCO)CC1. The van der Waals surface area contributed by atoms with E-state index in [-0.39, 0.29) is 18.4 Å². The molecule has 17 heavy (non-hydrogen) atoms. The summed E-state index contributed by atoms with van der Waals surface area (Å²) in [6, 6.07) is 0. The largest absolute Gasteiger partial charge is 0.396 e. The van der Waals surface area contributed by atoms with Crippen LogP contribution in [0.4, 0.5) is 0 Å². The second-order valence-corrected chi connectivity index (χ2v) is 6.16. The van der Waals surface area contributed by atoms with Crippen LogP contribution in [0.25, 0.3) is 0 Å². The summed E-state index contributed by atoms with van der Waals surface area (Å²) < 4.78 is 0. The van der Waals surface area contributed by atoms with Crippen LogP contribution in [0.3, 0.4) is 0 Å². The summed E-state index contributed by atoms with van der Waals surface area (Å²) in [5.41, 5.74) is 0. The first-order chi connectivity index (χ1) is 8.24. The molecule has 1 aliphatic carbocycles. The van der Waals surface area contributed by atoms with E-state index in [0.717, 1.165) is 43.2 Å². The summed E-state index contributed by atoms with van der Waals surface area (Å²) in [6.45, 7) is 3.30. The first kappa shape index (κ1) is 14.8. The normalized spacial score (nSPS) is 24.6. The van der Waals surface area contributed by atoms with Crippen LogP contribution in [0.1, 0.15) is 39.0 Å². The van der Waals surface area contributed by atoms with E-state index in [0.29, 0.717) is 0 Å². The van der Waals surface area contributed by atoms with Gasteiger partial charge in [0.1, 0.15) is 0 Å². The fourth-order valence-corrected chi connectivity index (χ4v) is 2.97. The maximum absolute atomic E-state index is 11.8. The fourth-order valence-electron chi connectivity index (χ4n) is 2.18. The predicted octanol–water partition coefficient (Wildman–Crippen LogP) is 2.04. The molecule has 100 valence electrons. The highest BCUT2D eigenvalue weighted by Gasteiger charge is 2.23. The Kier molecular flexibility index (Phi) is 7.69. The van der Waals surface area contributed by atoms with Gasteiger partial charge in [-0.05, 0) is 43.8 Å². The minimum absolute atomic E-state index is 0.250. The van der Waals surface area contributed by atoms with Gasteiger partial charge in [-0.2, -0.15) is 11.8 Å². The summed E-state index contributed by atoms with van der Waals surface area (Å²) >= 11 is 1.79. The van der Waals surface area contributed by atoms with Crippen LogP contribution in [0.5, 0.6) is 0 Å². The average Bonchev–Trinajstić information content (AvgIpc) is 2.34. The van der Waals surface area contributed by atoms with Crippen molar-refractivity contribution in [1.82, 2.24) is 5.32 Å². The number of carbonyl (C=O) groups is 1. The Bertz CT molecular complexity index is 215. The predicted molar refractivity (Wildman–Crippen MR) is 73.2 cm³/mol. The summed E-state index contributed by atoms with van der Waals surface area (Å²) in [6.07, 6.45) is 5.36. The molecular formula is C13H25NO2S. The van der Waals surface area contributed by atoms with Gasteiger partial charge in [0.2, 0.25) is 5.91 Å². The lowest BCUT2D eigenvalue weighted by atomic mass is 9.82. The monoisotopic (exact) mass is 259 g/mol. The quantitative estimate of drug-likeness (QED) is 0.688. The molecule has 0 aromatic carbocycles. The van der Waals surface area contributed by atoms with Gasteiger partial charge in [-0.3, -0.25) is 4.79 Å². The Morgan fingerprint density at radius 2 is 2.00 bits per heavy atom. The first-order valence-electron chi connectivity index (χ1n) is 6.70. The van der Waals surface area contributed by atoms with Crippen LogP contribution in [-0.2, 0) is 4.79 Å². The minimum atomic E-state index is 0.250. The topological polar surface area (TPSA) is 49.3 Å². The molecule has 3 nitrogen and oxygen atoms in total. The highest BCUT2D eigenvalue weighted by atomic mass is 32.2. The number of nitrogens with one attached hydrogen (secondary N) is 1. The lowest BCUT2D eigenvalue weighted by Crippen LogP contribution is -2.34. The molecule has 0 unspecified atom stereocenters. The molecule has 1 aliphatic rings. The molecule has 1 amide bonds. The zero-order valence-electron chi connectivity index (χ0n) is 10.8. The fraction of sp³-hybridized carbons (Fsp3) is 0.923. The maximum Gasteiger partial charge on any atom is 0.223 e. The van der Waals surface area contributed by atoms with E-state index in [1.807, 2.05) is 0 Å². The molecule has 1 fully saturated rings. The molecule has 4 heteroatoms. The van der Waals surface area contributed by atoms with Gasteiger partial charge >= 0.3 is 0 Å². The van der Waals surface area contributed by atoms with Crippen LogP contribution < -0.4 is 5.32 Å². The Morgan fingerprint density at radius 1 is 1.29 bits per heavy atom. The van der Waals surface area contributed by atoms with Crippen LogP contribution in [0, 0.1) is 11.8 Å². The highest BCUT2D eigenvalue weighted by Crippen LogP contribution is 2.28. The number of aliphatic hydroxyl groups is 1. The zero-order valence-corrected chi connectivity index (χ0v) is 11.6. The Hall–Kier alpha value is -0.220. The lowest BCUT2D eigenvalue weighted by molar-refractivity contribution is -0.126. The summed E-state index contributed by atoms with van der Waals surface area (Å²) in [4.78, 5) is 11.8. The van der Waals surface area contributed by atoms with E-state index >= 15 is 0 Å². The molecule has 0 bridgehead atoms. The van der Waals surface area contributed by atoms with E-state index in [2.05, 4.69) is 12.2 Å². The van der Waals surface area contributed by atoms with Crippen LogP contribution in [0.2, 0.25) is 0 Å². The maximum atomic E-state index is 11.8. The van der Waals surface area contributed by atoms with Gasteiger partial charge in [-0.25, -0.2) is 0 Å². The summed E-state index contributed by atoms with van der Waals surface area (Å²) in [5, 5.41) is 11.6. The average molecular weight is 259 g/mol. The van der Waals surface area contributed by atoms with E-state index in [1.54, 1.807) is 11.8 Å². The van der Waals surface area contributed by atoms with Crippen molar-refractivity contribution in [2.75, 3.05) is 24.7 Å². The van der Waals surface area contributed by atoms with Crippen molar-refractivity contribution in [2.45, 2.75) is 39.0 Å². The summed E-state index contributed by atoms with van der Waals surface area (Å²) in [5.74, 6) is 3.24. The second kappa shape index (κ2) is 8.81. The smallest absolute Gasteiger partial charge is 0.223 e. The number of aliphatic hydroxyl groups excluding tert-OH is 1. The number of hydrogen-bond donors (Lipinski definition) is 2. The Morgan fingerprint density at radius 3 is 2.65 bits per heavy atom. The molecule has 1 saturated carbocycles. The molecule has 0 aliphatic heterocycles. The van der Waals surface area contributed by atoms with Gasteiger partial charge in [-0.15, -0.1) is 0 Å². The molecular weight excluding hydrogens is 234 g/mol. The van der Waals surface area contributed by atoms with Gasteiger partial charge in [-0.1, -0.05) is 6.92 Å². The van der Waals surface area contributed by atoms with E-state index in [1.165, 1.54) is 12.8 Å². The van der Waals surface area contributed by atoms with Crippen molar-refractivity contribution in [3.05, 3.63) is 0 Å². The van der Waals surface area contributed by atoms with E-state index in [4.69, 9.17) is 5.11 Å². The molecule has 0 atom stereocenters. The van der Waals surface area contributed by atoms with Crippen LogP contribution in [0.15, 0.2) is 0 Å². The molecule has 0 aromatic rings. The van der Waals surface area contributed by atoms with Gasteiger partial charge in [0.25, 0.3) is 0 Å². The van der Waals surface area contributed by atoms with Crippen molar-refractivity contribution >= 4 is 17.7 Å². The Labute approximate surface area is 109 Å². The zero-order chi connectivity index (χ0) is 12.5. The van der Waals surface area contributed by atoms with E-state index in [9.17, 15) is 4.79 Å². The Balaban J connectivity index is 2.01. The number of carbonyl (C=O) groups excluding carboxylic acids is 1. The number of thioether (sulfide) groups is 1. The van der Waals surface area contributed by atoms with Crippen molar-refractivity contribution in [3.63, 3.8) is 0 Å². The second-order valence-electron chi connectivity index (χ2n) is 4.94. The molecule has 0 radical (unpaired) electrons. The molecule has 1 rings (SSSR count). The molecule has 0 saturated heterocycles. The van der Waals surface area contributed by atoms with Crippen molar-refractivity contribution in [3.8, 4) is 0 Å². The third kappa shape index (κ3) is 6.32. The highest BCUT2D eigenvalue weighted by molar-refractivity contribution is 7.99. The van der Waals surface area contributed by atoms with E-state index < -0.39 is 0 Å². The third-order valence-corrected chi connectivity index (χ3v) is 4.45. The van der Waals surface area contributed by atoms with Gasteiger partial charge in [0.05, 0.1) is 0 Å². The van der Waals surface area contributed by atoms with Crippen molar-refractivity contribution in [2.24, 2.45) is 11.8 Å². The van der Waals surface area contributed by atoms with Crippen molar-refractivity contribution < 1.29 is 9.90 Å². The molecule has 0 heterocycles. The standard InChI is InChI=1S/C13H25NO2S/c1-11-3-5-12(6-4-11)13(16)14-7-10-17-9-2-8-15/h11-12,15H,2-10H2,1H3,(H,14,16). The molecule has 0 aromatic heterocycles. The number of hydrogen-bond acceptors (Lipinski definition) is 3. The third-order valence-electron chi connectivity index (χ3n) is 3.38. The lowest BCUT2D eigenvalue weighted by Gasteiger charge is -2.25. The van der Waals surface area contributed by atoms with Crippen LogP contribution in [-0.4, -0.2) is 35.7 Å². The van der Waals surface area contributed by atoms with Gasteiger partial charge in [0, 0.05) is 24.8 Å². The minimum Gasteiger partial charge on any atom is -0.396 e. The number of amides is 1.